The molecule has 1 aromatic carbocycles. The minimum absolute atomic E-state index is 0.225. The van der Waals surface area contributed by atoms with Gasteiger partial charge in [-0.15, -0.1) is 11.6 Å². The Morgan fingerprint density at radius 3 is 2.06 bits per heavy atom. The van der Waals surface area contributed by atoms with Crippen LogP contribution < -0.4 is 5.32 Å². The molecule has 0 bridgehead atoms. The van der Waals surface area contributed by atoms with Crippen LogP contribution in [0, 0.1) is 5.92 Å². The average Bonchev–Trinajstić information content (AvgIpc) is 2.29. The molecule has 0 amide bonds. The Hall–Kier alpha value is -0.530. The molecule has 1 unspecified atom stereocenters. The topological polar surface area (TPSA) is 12.0 Å². The molecule has 1 nitrogen and oxygen atoms in total. The first-order valence-corrected chi connectivity index (χ1v) is 7.27. The van der Waals surface area contributed by atoms with Crippen LogP contribution in [0.4, 0.5) is 0 Å². The number of hydrogen-bond acceptors (Lipinski definition) is 1. The predicted molar refractivity (Wildman–Crippen MR) is 81.3 cm³/mol. The highest BCUT2D eigenvalue weighted by molar-refractivity contribution is 6.18. The number of rotatable bonds is 5. The van der Waals surface area contributed by atoms with Crippen LogP contribution in [0.15, 0.2) is 24.3 Å². The van der Waals surface area contributed by atoms with Crippen molar-refractivity contribution in [3.05, 3.63) is 35.4 Å². The Kier molecular flexibility index (Phi) is 5.68. The maximum atomic E-state index is 5.95. The summed E-state index contributed by atoms with van der Waals surface area (Å²) in [5.74, 6) is 1.23. The third-order valence-corrected chi connectivity index (χ3v) is 3.69. The summed E-state index contributed by atoms with van der Waals surface area (Å²) in [6.07, 6.45) is 0. The molecule has 0 spiro atoms. The zero-order chi connectivity index (χ0) is 13.8. The molecule has 0 aromatic heterocycles. The fourth-order valence-electron chi connectivity index (χ4n) is 1.84. The van der Waals surface area contributed by atoms with Crippen LogP contribution in [0.1, 0.15) is 45.7 Å². The van der Waals surface area contributed by atoms with Crippen molar-refractivity contribution in [3.8, 4) is 0 Å². The highest BCUT2D eigenvalue weighted by atomic mass is 35.5. The predicted octanol–water partition coefficient (Wildman–Crippen LogP) is 4.34. The van der Waals surface area contributed by atoms with E-state index in [0.29, 0.717) is 17.8 Å². The van der Waals surface area contributed by atoms with Gasteiger partial charge in [0.1, 0.15) is 0 Å². The molecule has 0 saturated carbocycles. The van der Waals surface area contributed by atoms with Gasteiger partial charge in [-0.3, -0.25) is 0 Å². The normalized spacial score (nSPS) is 13.9. The van der Waals surface area contributed by atoms with Crippen molar-refractivity contribution in [2.45, 2.75) is 52.6 Å². The first kappa shape index (κ1) is 15.5. The van der Waals surface area contributed by atoms with Crippen molar-refractivity contribution in [1.82, 2.24) is 5.32 Å². The van der Waals surface area contributed by atoms with Gasteiger partial charge in [0.25, 0.3) is 0 Å². The molecule has 0 radical (unpaired) electrons. The lowest BCUT2D eigenvalue weighted by Gasteiger charge is -2.21. The maximum absolute atomic E-state index is 5.95. The van der Waals surface area contributed by atoms with Gasteiger partial charge in [0.15, 0.2) is 0 Å². The lowest BCUT2D eigenvalue weighted by Crippen LogP contribution is -2.34. The van der Waals surface area contributed by atoms with E-state index in [0.717, 1.165) is 6.54 Å². The van der Waals surface area contributed by atoms with E-state index in [4.69, 9.17) is 11.6 Å². The summed E-state index contributed by atoms with van der Waals surface area (Å²) in [4.78, 5) is 0. The molecule has 18 heavy (non-hydrogen) atoms. The van der Waals surface area contributed by atoms with Crippen LogP contribution in [-0.2, 0) is 12.0 Å². The van der Waals surface area contributed by atoms with Crippen molar-refractivity contribution in [2.75, 3.05) is 5.88 Å². The molecule has 0 saturated heterocycles. The fraction of sp³-hybridized carbons (Fsp3) is 0.625. The van der Waals surface area contributed by atoms with Crippen LogP contribution in [0.25, 0.3) is 0 Å². The molecule has 1 aromatic rings. The third kappa shape index (κ3) is 4.62. The van der Waals surface area contributed by atoms with E-state index in [1.54, 1.807) is 0 Å². The Labute approximate surface area is 117 Å². The van der Waals surface area contributed by atoms with Gasteiger partial charge in [-0.1, -0.05) is 58.9 Å². The summed E-state index contributed by atoms with van der Waals surface area (Å²) >= 11 is 5.95. The number of nitrogens with one attached hydrogen (secondary N) is 1. The summed E-state index contributed by atoms with van der Waals surface area (Å²) in [7, 11) is 0. The molecule has 102 valence electrons. The third-order valence-electron chi connectivity index (χ3n) is 3.36. The standard InChI is InChI=1S/C16H26ClN/c1-12(2)15(10-17)18-11-13-6-8-14(9-7-13)16(3,4)5/h6-9,12,15,18H,10-11H2,1-5H3. The van der Waals surface area contributed by atoms with Gasteiger partial charge in [0, 0.05) is 18.5 Å². The average molecular weight is 268 g/mol. The summed E-state index contributed by atoms with van der Waals surface area (Å²) in [6, 6.07) is 9.25. The first-order chi connectivity index (χ1) is 8.34. The Morgan fingerprint density at radius 1 is 1.11 bits per heavy atom. The summed E-state index contributed by atoms with van der Waals surface area (Å²) in [6.45, 7) is 12.0. The lowest BCUT2D eigenvalue weighted by molar-refractivity contribution is 0.430. The molecule has 0 heterocycles. The van der Waals surface area contributed by atoms with Crippen LogP contribution >= 0.6 is 11.6 Å². The van der Waals surface area contributed by atoms with E-state index in [1.807, 2.05) is 0 Å². The maximum Gasteiger partial charge on any atom is 0.0380 e. The van der Waals surface area contributed by atoms with Crippen LogP contribution in [0.3, 0.4) is 0 Å². The minimum Gasteiger partial charge on any atom is -0.308 e. The molecular formula is C16H26ClN. The van der Waals surface area contributed by atoms with Crippen molar-refractivity contribution in [2.24, 2.45) is 5.92 Å². The van der Waals surface area contributed by atoms with Gasteiger partial charge in [-0.25, -0.2) is 0 Å². The molecule has 1 N–H and O–H groups in total. The van der Waals surface area contributed by atoms with E-state index in [2.05, 4.69) is 64.2 Å². The molecule has 1 rings (SSSR count). The molecule has 1 atom stereocenters. The Balaban J connectivity index is 2.59. The molecule has 0 fully saturated rings. The van der Waals surface area contributed by atoms with Crippen molar-refractivity contribution < 1.29 is 0 Å². The summed E-state index contributed by atoms with van der Waals surface area (Å²) < 4.78 is 0. The Bertz CT molecular complexity index is 348. The molecular weight excluding hydrogens is 242 g/mol. The van der Waals surface area contributed by atoms with Gasteiger partial charge < -0.3 is 5.32 Å². The van der Waals surface area contributed by atoms with E-state index in [9.17, 15) is 0 Å². The van der Waals surface area contributed by atoms with E-state index in [-0.39, 0.29) is 5.41 Å². The summed E-state index contributed by atoms with van der Waals surface area (Å²) in [5, 5.41) is 3.51. The van der Waals surface area contributed by atoms with Gasteiger partial charge >= 0.3 is 0 Å². The minimum atomic E-state index is 0.225. The first-order valence-electron chi connectivity index (χ1n) is 6.73. The zero-order valence-corrected chi connectivity index (χ0v) is 13.0. The highest BCUT2D eigenvalue weighted by Crippen LogP contribution is 2.22. The van der Waals surface area contributed by atoms with Gasteiger partial charge in [0.05, 0.1) is 0 Å². The number of halogens is 1. The van der Waals surface area contributed by atoms with Gasteiger partial charge in [-0.05, 0) is 22.5 Å². The fourth-order valence-corrected chi connectivity index (χ4v) is 2.31. The molecule has 0 aliphatic rings. The van der Waals surface area contributed by atoms with Crippen LogP contribution in [-0.4, -0.2) is 11.9 Å². The molecule has 2 heteroatoms. The number of benzene rings is 1. The largest absolute Gasteiger partial charge is 0.308 e. The molecule has 0 aliphatic carbocycles. The van der Waals surface area contributed by atoms with E-state index in [1.165, 1.54) is 11.1 Å². The second-order valence-electron chi connectivity index (χ2n) is 6.33. The van der Waals surface area contributed by atoms with Crippen molar-refractivity contribution >= 4 is 11.6 Å². The second-order valence-corrected chi connectivity index (χ2v) is 6.64. The Morgan fingerprint density at radius 2 is 1.67 bits per heavy atom. The van der Waals surface area contributed by atoms with Crippen molar-refractivity contribution in [1.29, 1.82) is 0 Å². The zero-order valence-electron chi connectivity index (χ0n) is 12.3. The van der Waals surface area contributed by atoms with Gasteiger partial charge in [-0.2, -0.15) is 0 Å². The number of alkyl halides is 1. The van der Waals surface area contributed by atoms with Crippen LogP contribution in [0.2, 0.25) is 0 Å². The highest BCUT2D eigenvalue weighted by Gasteiger charge is 2.13. The van der Waals surface area contributed by atoms with E-state index < -0.39 is 0 Å². The molecule has 0 aliphatic heterocycles. The van der Waals surface area contributed by atoms with Crippen molar-refractivity contribution in [3.63, 3.8) is 0 Å². The summed E-state index contributed by atoms with van der Waals surface area (Å²) in [5.41, 5.74) is 2.92. The monoisotopic (exact) mass is 267 g/mol. The van der Waals surface area contributed by atoms with Gasteiger partial charge in [0.2, 0.25) is 0 Å². The number of hydrogen-bond donors (Lipinski definition) is 1. The SMILES string of the molecule is CC(C)C(CCl)NCc1ccc(C(C)(C)C)cc1. The second kappa shape index (κ2) is 6.58. The van der Waals surface area contributed by atoms with Crippen LogP contribution in [0.5, 0.6) is 0 Å². The smallest absolute Gasteiger partial charge is 0.0380 e. The lowest BCUT2D eigenvalue weighted by atomic mass is 9.87. The quantitative estimate of drug-likeness (QED) is 0.783. The van der Waals surface area contributed by atoms with E-state index >= 15 is 0 Å².